The van der Waals surface area contributed by atoms with Crippen LogP contribution in [0.25, 0.3) is 0 Å². The monoisotopic (exact) mass is 378 g/mol. The van der Waals surface area contributed by atoms with Crippen molar-refractivity contribution in [2.24, 2.45) is 0 Å². The summed E-state index contributed by atoms with van der Waals surface area (Å²) in [5.74, 6) is 0.173. The first-order chi connectivity index (χ1) is 12.5. The van der Waals surface area contributed by atoms with Crippen molar-refractivity contribution in [3.8, 4) is 0 Å². The minimum absolute atomic E-state index is 0.0230. The summed E-state index contributed by atoms with van der Waals surface area (Å²) in [7, 11) is 0. The summed E-state index contributed by atoms with van der Waals surface area (Å²) >= 11 is 5.87. The highest BCUT2D eigenvalue weighted by molar-refractivity contribution is 6.30. The molecule has 0 spiro atoms. The van der Waals surface area contributed by atoms with Crippen molar-refractivity contribution in [1.82, 2.24) is 15.5 Å². The Morgan fingerprint density at radius 3 is 2.65 bits per heavy atom. The Hall–Kier alpha value is -2.28. The number of hydrogen-bond acceptors (Lipinski definition) is 3. The number of benzene rings is 1. The molecule has 0 unspecified atom stereocenters. The quantitative estimate of drug-likeness (QED) is 0.740. The molecule has 2 N–H and O–H groups in total. The van der Waals surface area contributed by atoms with Crippen LogP contribution in [0.2, 0.25) is 5.02 Å². The van der Waals surface area contributed by atoms with Gasteiger partial charge in [0.05, 0.1) is 6.04 Å². The minimum atomic E-state index is -0.284. The summed E-state index contributed by atoms with van der Waals surface area (Å²) in [6, 6.07) is 6.56. The Bertz CT molecular complexity index is 680. The number of anilines is 1. The Morgan fingerprint density at radius 1 is 1.19 bits per heavy atom. The minimum Gasteiger partial charge on any atom is -0.343 e. The third-order valence-corrected chi connectivity index (χ3v) is 4.91. The number of urea groups is 1. The van der Waals surface area contributed by atoms with E-state index in [0.717, 1.165) is 25.1 Å². The zero-order chi connectivity index (χ0) is 18.5. The SMILES string of the molecule is O=C(NCCCN1CCCC1=O)N[C@@H]1CC(=O)N(c2ccc(Cl)cc2)C1. The molecule has 8 heteroatoms. The molecule has 3 rings (SSSR count). The lowest BCUT2D eigenvalue weighted by Gasteiger charge is -2.18. The molecular weight excluding hydrogens is 356 g/mol. The van der Waals surface area contributed by atoms with Gasteiger partial charge in [-0.15, -0.1) is 0 Å². The largest absolute Gasteiger partial charge is 0.343 e. The zero-order valence-electron chi connectivity index (χ0n) is 14.5. The molecule has 7 nitrogen and oxygen atoms in total. The number of carbonyl (C=O) groups excluding carboxylic acids is 3. The first-order valence-electron chi connectivity index (χ1n) is 8.91. The summed E-state index contributed by atoms with van der Waals surface area (Å²) < 4.78 is 0. The first kappa shape index (κ1) is 18.5. The zero-order valence-corrected chi connectivity index (χ0v) is 15.3. The van der Waals surface area contributed by atoms with Gasteiger partial charge >= 0.3 is 6.03 Å². The second kappa shape index (κ2) is 8.40. The van der Waals surface area contributed by atoms with E-state index < -0.39 is 0 Å². The predicted octanol–water partition coefficient (Wildman–Crippen LogP) is 1.76. The molecule has 26 heavy (non-hydrogen) atoms. The fourth-order valence-corrected chi connectivity index (χ4v) is 3.45. The number of likely N-dealkylation sites (tertiary alicyclic amines) is 1. The number of amides is 4. The van der Waals surface area contributed by atoms with Gasteiger partial charge in [0.1, 0.15) is 0 Å². The van der Waals surface area contributed by atoms with Crippen LogP contribution in [0.1, 0.15) is 25.7 Å². The van der Waals surface area contributed by atoms with Crippen LogP contribution in [0, 0.1) is 0 Å². The maximum absolute atomic E-state index is 12.2. The summed E-state index contributed by atoms with van der Waals surface area (Å²) in [4.78, 5) is 39.2. The van der Waals surface area contributed by atoms with Crippen LogP contribution >= 0.6 is 11.6 Å². The standard InChI is InChI=1S/C18H23ClN4O3/c19-13-4-6-15(7-5-13)23-12-14(11-17(23)25)21-18(26)20-8-2-10-22-9-1-3-16(22)24/h4-7,14H,1-3,8-12H2,(H2,20,21,26)/t14-/m1/s1. The molecule has 0 aliphatic carbocycles. The van der Waals surface area contributed by atoms with Gasteiger partial charge in [0, 0.05) is 49.7 Å². The van der Waals surface area contributed by atoms with Crippen LogP contribution in [-0.2, 0) is 9.59 Å². The number of hydrogen-bond donors (Lipinski definition) is 2. The van der Waals surface area contributed by atoms with Crippen LogP contribution in [0.5, 0.6) is 0 Å². The predicted molar refractivity (Wildman–Crippen MR) is 99.2 cm³/mol. The molecule has 4 amide bonds. The van der Waals surface area contributed by atoms with Crippen molar-refractivity contribution in [2.75, 3.05) is 31.1 Å². The van der Waals surface area contributed by atoms with Gasteiger partial charge in [-0.1, -0.05) is 11.6 Å². The van der Waals surface area contributed by atoms with Gasteiger partial charge in [-0.3, -0.25) is 9.59 Å². The van der Waals surface area contributed by atoms with Crippen LogP contribution in [0.15, 0.2) is 24.3 Å². The van der Waals surface area contributed by atoms with E-state index in [1.165, 1.54) is 0 Å². The summed E-state index contributed by atoms with van der Waals surface area (Å²) in [5.41, 5.74) is 0.777. The number of nitrogens with one attached hydrogen (secondary N) is 2. The van der Waals surface area contributed by atoms with Crippen molar-refractivity contribution >= 4 is 35.1 Å². The molecular formula is C18H23ClN4O3. The fourth-order valence-electron chi connectivity index (χ4n) is 3.32. The highest BCUT2D eigenvalue weighted by atomic mass is 35.5. The Labute approximate surface area is 157 Å². The van der Waals surface area contributed by atoms with E-state index in [4.69, 9.17) is 11.6 Å². The molecule has 0 radical (unpaired) electrons. The summed E-state index contributed by atoms with van der Waals surface area (Å²) in [6.45, 7) is 2.43. The molecule has 0 aromatic heterocycles. The fraction of sp³-hybridized carbons (Fsp3) is 0.500. The van der Waals surface area contributed by atoms with Crippen LogP contribution in [-0.4, -0.2) is 55.0 Å². The van der Waals surface area contributed by atoms with Gasteiger partial charge in [0.25, 0.3) is 0 Å². The maximum atomic E-state index is 12.2. The van der Waals surface area contributed by atoms with E-state index in [1.54, 1.807) is 29.2 Å². The van der Waals surface area contributed by atoms with E-state index in [9.17, 15) is 14.4 Å². The average molecular weight is 379 g/mol. The number of carbonyl (C=O) groups is 3. The molecule has 0 saturated carbocycles. The normalized spacial score (nSPS) is 20.0. The maximum Gasteiger partial charge on any atom is 0.315 e. The van der Waals surface area contributed by atoms with Gasteiger partial charge in [-0.05, 0) is 37.1 Å². The third-order valence-electron chi connectivity index (χ3n) is 4.66. The van der Waals surface area contributed by atoms with E-state index >= 15 is 0 Å². The molecule has 2 heterocycles. The lowest BCUT2D eigenvalue weighted by atomic mass is 10.2. The van der Waals surface area contributed by atoms with Crippen LogP contribution in [0.3, 0.4) is 0 Å². The van der Waals surface area contributed by atoms with Crippen molar-refractivity contribution in [2.45, 2.75) is 31.7 Å². The van der Waals surface area contributed by atoms with E-state index in [1.807, 2.05) is 4.90 Å². The van der Waals surface area contributed by atoms with Gasteiger partial charge in [0.15, 0.2) is 0 Å². The molecule has 1 aromatic carbocycles. The Kier molecular flexibility index (Phi) is 5.98. The van der Waals surface area contributed by atoms with Gasteiger partial charge in [0.2, 0.25) is 11.8 Å². The number of halogens is 1. The van der Waals surface area contributed by atoms with Crippen molar-refractivity contribution in [3.05, 3.63) is 29.3 Å². The highest BCUT2D eigenvalue weighted by Gasteiger charge is 2.31. The summed E-state index contributed by atoms with van der Waals surface area (Å²) in [6.07, 6.45) is 2.55. The second-order valence-electron chi connectivity index (χ2n) is 6.62. The molecule has 2 saturated heterocycles. The van der Waals surface area contributed by atoms with Crippen molar-refractivity contribution in [3.63, 3.8) is 0 Å². The van der Waals surface area contributed by atoms with Gasteiger partial charge in [-0.2, -0.15) is 0 Å². The second-order valence-corrected chi connectivity index (χ2v) is 7.06. The Balaban J connectivity index is 1.38. The smallest absolute Gasteiger partial charge is 0.315 e. The lowest BCUT2D eigenvalue weighted by molar-refractivity contribution is -0.127. The van der Waals surface area contributed by atoms with Crippen molar-refractivity contribution in [1.29, 1.82) is 0 Å². The molecule has 2 aliphatic rings. The number of rotatable bonds is 6. The highest BCUT2D eigenvalue weighted by Crippen LogP contribution is 2.23. The third kappa shape index (κ3) is 4.66. The lowest BCUT2D eigenvalue weighted by Crippen LogP contribution is -2.44. The van der Waals surface area contributed by atoms with Crippen LogP contribution in [0.4, 0.5) is 10.5 Å². The first-order valence-corrected chi connectivity index (χ1v) is 9.29. The molecule has 2 aliphatic heterocycles. The Morgan fingerprint density at radius 2 is 1.96 bits per heavy atom. The van der Waals surface area contributed by atoms with E-state index in [2.05, 4.69) is 10.6 Å². The number of nitrogens with zero attached hydrogens (tertiary/aromatic N) is 2. The summed E-state index contributed by atoms with van der Waals surface area (Å²) in [5, 5.41) is 6.24. The van der Waals surface area contributed by atoms with E-state index in [0.29, 0.717) is 31.1 Å². The van der Waals surface area contributed by atoms with Gasteiger partial charge < -0.3 is 20.4 Å². The van der Waals surface area contributed by atoms with Gasteiger partial charge in [-0.25, -0.2) is 4.79 Å². The molecule has 0 bridgehead atoms. The molecule has 140 valence electrons. The van der Waals surface area contributed by atoms with E-state index in [-0.39, 0.29) is 30.3 Å². The van der Waals surface area contributed by atoms with Crippen molar-refractivity contribution < 1.29 is 14.4 Å². The molecule has 1 aromatic rings. The average Bonchev–Trinajstić information content (AvgIpc) is 3.18. The topological polar surface area (TPSA) is 81.8 Å². The van der Waals surface area contributed by atoms with Crippen LogP contribution < -0.4 is 15.5 Å². The molecule has 2 fully saturated rings. The molecule has 1 atom stereocenters.